The lowest BCUT2D eigenvalue weighted by Crippen LogP contribution is -2.36. The van der Waals surface area contributed by atoms with Gasteiger partial charge in [0, 0.05) is 24.2 Å². The van der Waals surface area contributed by atoms with Crippen molar-refractivity contribution >= 4 is 23.2 Å². The molecule has 128 valence electrons. The molecule has 1 atom stereocenters. The second-order valence-electron chi connectivity index (χ2n) is 5.81. The maximum atomic E-state index is 4.81. The first-order chi connectivity index (χ1) is 12.3. The third-order valence-electron chi connectivity index (χ3n) is 4.25. The molecular weight excluding hydrogens is 324 g/mol. The van der Waals surface area contributed by atoms with Gasteiger partial charge in [-0.3, -0.25) is 0 Å². The lowest BCUT2D eigenvalue weighted by atomic mass is 10.0. The Kier molecular flexibility index (Phi) is 6.13. The third-order valence-corrected chi connectivity index (χ3v) is 5.39. The highest BCUT2D eigenvalue weighted by molar-refractivity contribution is 8.00. The number of amidine groups is 1. The zero-order valence-corrected chi connectivity index (χ0v) is 15.6. The topological polar surface area (TPSA) is 15.6 Å². The fraction of sp³-hybridized carbons (Fsp3) is 0.227. The van der Waals surface area contributed by atoms with Gasteiger partial charge in [0.05, 0.1) is 5.25 Å². The van der Waals surface area contributed by atoms with Crippen LogP contribution >= 0.6 is 11.8 Å². The van der Waals surface area contributed by atoms with Gasteiger partial charge in [-0.1, -0.05) is 54.6 Å². The summed E-state index contributed by atoms with van der Waals surface area (Å²) >= 11 is 1.85. The zero-order chi connectivity index (χ0) is 17.5. The van der Waals surface area contributed by atoms with Crippen LogP contribution in [0.5, 0.6) is 0 Å². The molecule has 1 aliphatic rings. The summed E-state index contributed by atoms with van der Waals surface area (Å²) in [7, 11) is 0. The van der Waals surface area contributed by atoms with Gasteiger partial charge in [0.2, 0.25) is 0 Å². The van der Waals surface area contributed by atoms with Gasteiger partial charge in [-0.2, -0.15) is 0 Å². The minimum Gasteiger partial charge on any atom is -0.359 e. The molecule has 0 fully saturated rings. The molecule has 0 spiro atoms. The molecule has 1 unspecified atom stereocenters. The van der Waals surface area contributed by atoms with E-state index in [0.717, 1.165) is 18.9 Å². The summed E-state index contributed by atoms with van der Waals surface area (Å²) < 4.78 is 0. The smallest absolute Gasteiger partial charge is 0.122 e. The summed E-state index contributed by atoms with van der Waals surface area (Å²) in [6.07, 6.45) is 6.40. The molecule has 2 aromatic carbocycles. The van der Waals surface area contributed by atoms with Crippen molar-refractivity contribution in [2.75, 3.05) is 13.1 Å². The monoisotopic (exact) mass is 348 g/mol. The van der Waals surface area contributed by atoms with Crippen molar-refractivity contribution in [1.29, 1.82) is 0 Å². The molecule has 0 amide bonds. The Balaban J connectivity index is 1.98. The van der Waals surface area contributed by atoms with E-state index in [0.29, 0.717) is 0 Å². The predicted molar refractivity (Wildman–Crippen MR) is 110 cm³/mol. The van der Waals surface area contributed by atoms with E-state index >= 15 is 0 Å². The van der Waals surface area contributed by atoms with Crippen LogP contribution in [0, 0.1) is 0 Å². The van der Waals surface area contributed by atoms with E-state index in [1.54, 1.807) is 0 Å². The molecule has 2 nitrogen and oxygen atoms in total. The van der Waals surface area contributed by atoms with Gasteiger partial charge in [0.15, 0.2) is 0 Å². The first-order valence-corrected chi connectivity index (χ1v) is 9.68. The molecule has 1 aliphatic heterocycles. The molecule has 0 N–H and O–H groups in total. The Bertz CT molecular complexity index is 759. The minimum atomic E-state index is 0.188. The van der Waals surface area contributed by atoms with Crippen molar-refractivity contribution in [2.24, 2.45) is 4.99 Å². The summed E-state index contributed by atoms with van der Waals surface area (Å²) in [5.41, 5.74) is 2.45. The van der Waals surface area contributed by atoms with Crippen molar-refractivity contribution in [3.63, 3.8) is 0 Å². The van der Waals surface area contributed by atoms with Crippen LogP contribution in [0.25, 0.3) is 5.57 Å². The van der Waals surface area contributed by atoms with Crippen molar-refractivity contribution < 1.29 is 0 Å². The van der Waals surface area contributed by atoms with Gasteiger partial charge in [-0.15, -0.1) is 11.8 Å². The lowest BCUT2D eigenvalue weighted by molar-refractivity contribution is 0.460. The van der Waals surface area contributed by atoms with E-state index in [2.05, 4.69) is 91.6 Å². The Morgan fingerprint density at radius 1 is 0.920 bits per heavy atom. The highest BCUT2D eigenvalue weighted by Gasteiger charge is 2.21. The van der Waals surface area contributed by atoms with Gasteiger partial charge in [0.1, 0.15) is 5.84 Å². The van der Waals surface area contributed by atoms with E-state index in [1.165, 1.54) is 16.0 Å². The number of nitrogens with zero attached hydrogens (tertiary/aromatic N) is 2. The number of aliphatic imine (C=N–C) groups is 1. The summed E-state index contributed by atoms with van der Waals surface area (Å²) in [5, 5.41) is 0.188. The van der Waals surface area contributed by atoms with Crippen LogP contribution in [-0.4, -0.2) is 29.1 Å². The molecular formula is C22H24N2S. The molecule has 3 rings (SSSR count). The molecule has 0 bridgehead atoms. The number of hydrogen-bond donors (Lipinski definition) is 0. The number of hydrogen-bond acceptors (Lipinski definition) is 3. The fourth-order valence-electron chi connectivity index (χ4n) is 2.93. The normalized spacial score (nSPS) is 16.8. The molecule has 0 saturated heterocycles. The van der Waals surface area contributed by atoms with Gasteiger partial charge in [0.25, 0.3) is 0 Å². The first kappa shape index (κ1) is 17.6. The Hall–Kier alpha value is -2.26. The van der Waals surface area contributed by atoms with Crippen molar-refractivity contribution in [1.82, 2.24) is 4.90 Å². The SMILES string of the molecule is CCN(CC)C1=NC=CC(c2ccccc2)=CC1Sc1ccccc1. The van der Waals surface area contributed by atoms with E-state index < -0.39 is 0 Å². The van der Waals surface area contributed by atoms with E-state index in [1.807, 2.05) is 18.0 Å². The number of allylic oxidation sites excluding steroid dienone is 2. The predicted octanol–water partition coefficient (Wildman–Crippen LogP) is 5.50. The summed E-state index contributed by atoms with van der Waals surface area (Å²) in [5.74, 6) is 1.13. The van der Waals surface area contributed by atoms with Crippen LogP contribution < -0.4 is 0 Å². The molecule has 1 heterocycles. The number of rotatable bonds is 5. The van der Waals surface area contributed by atoms with E-state index in [4.69, 9.17) is 4.99 Å². The van der Waals surface area contributed by atoms with Crippen molar-refractivity contribution in [2.45, 2.75) is 24.0 Å². The second-order valence-corrected chi connectivity index (χ2v) is 7.03. The molecule has 3 heteroatoms. The minimum absolute atomic E-state index is 0.188. The highest BCUT2D eigenvalue weighted by Crippen LogP contribution is 2.30. The fourth-order valence-corrected chi connectivity index (χ4v) is 4.06. The maximum absolute atomic E-state index is 4.81. The standard InChI is InChI=1S/C22H24N2S/c1-3-24(4-2)22-21(25-20-13-9-6-10-14-20)17-19(15-16-23-22)18-11-7-5-8-12-18/h5-17,21H,3-4H2,1-2H3. The Labute approximate surface area is 155 Å². The van der Waals surface area contributed by atoms with Crippen LogP contribution in [0.4, 0.5) is 0 Å². The quantitative estimate of drug-likeness (QED) is 0.709. The molecule has 2 aromatic rings. The van der Waals surface area contributed by atoms with E-state index in [-0.39, 0.29) is 5.25 Å². The van der Waals surface area contributed by atoms with Gasteiger partial charge in [-0.25, -0.2) is 4.99 Å². The summed E-state index contributed by atoms with van der Waals surface area (Å²) in [4.78, 5) is 8.41. The molecule has 25 heavy (non-hydrogen) atoms. The second kappa shape index (κ2) is 8.72. The molecule has 0 aromatic heterocycles. The average Bonchev–Trinajstić information content (AvgIpc) is 2.87. The molecule has 0 aliphatic carbocycles. The summed E-state index contributed by atoms with van der Waals surface area (Å²) in [6, 6.07) is 21.1. The van der Waals surface area contributed by atoms with Gasteiger partial charge >= 0.3 is 0 Å². The van der Waals surface area contributed by atoms with Crippen LogP contribution in [0.15, 0.2) is 88.9 Å². The lowest BCUT2D eigenvalue weighted by Gasteiger charge is -2.27. The van der Waals surface area contributed by atoms with Crippen LogP contribution in [0.3, 0.4) is 0 Å². The van der Waals surface area contributed by atoms with Crippen LogP contribution in [0.1, 0.15) is 19.4 Å². The Morgan fingerprint density at radius 2 is 1.56 bits per heavy atom. The third kappa shape index (κ3) is 4.43. The van der Waals surface area contributed by atoms with Crippen molar-refractivity contribution in [3.8, 4) is 0 Å². The van der Waals surface area contributed by atoms with Crippen LogP contribution in [-0.2, 0) is 0 Å². The number of thioether (sulfide) groups is 1. The number of benzene rings is 2. The van der Waals surface area contributed by atoms with Gasteiger partial charge in [-0.05, 0) is 43.2 Å². The largest absolute Gasteiger partial charge is 0.359 e. The maximum Gasteiger partial charge on any atom is 0.122 e. The van der Waals surface area contributed by atoms with Crippen molar-refractivity contribution in [3.05, 3.63) is 84.6 Å². The Morgan fingerprint density at radius 3 is 2.20 bits per heavy atom. The van der Waals surface area contributed by atoms with E-state index in [9.17, 15) is 0 Å². The first-order valence-electron chi connectivity index (χ1n) is 8.80. The molecule has 0 radical (unpaired) electrons. The zero-order valence-electron chi connectivity index (χ0n) is 14.8. The summed E-state index contributed by atoms with van der Waals surface area (Å²) in [6.45, 7) is 6.30. The highest BCUT2D eigenvalue weighted by atomic mass is 32.2. The van der Waals surface area contributed by atoms with Crippen LogP contribution in [0.2, 0.25) is 0 Å². The average molecular weight is 349 g/mol. The van der Waals surface area contributed by atoms with Gasteiger partial charge < -0.3 is 4.90 Å². The molecule has 0 saturated carbocycles.